The lowest BCUT2D eigenvalue weighted by molar-refractivity contribution is 0.0956. The van der Waals surface area contributed by atoms with E-state index in [0.717, 1.165) is 15.6 Å². The molecule has 3 rings (SSSR count). The maximum atomic E-state index is 12.2. The van der Waals surface area contributed by atoms with Gasteiger partial charge in [-0.3, -0.25) is 4.79 Å². The molecule has 5 heteroatoms. The van der Waals surface area contributed by atoms with Crippen molar-refractivity contribution in [2.45, 2.75) is 30.5 Å². The maximum absolute atomic E-state index is 12.2. The molecular formula is C20H22N2OS2. The van der Waals surface area contributed by atoms with Crippen molar-refractivity contribution < 1.29 is 4.79 Å². The van der Waals surface area contributed by atoms with Gasteiger partial charge in [0.2, 0.25) is 0 Å². The summed E-state index contributed by atoms with van der Waals surface area (Å²) in [4.78, 5) is 16.8. The number of fused-ring (bicyclic) bond motifs is 1. The summed E-state index contributed by atoms with van der Waals surface area (Å²) in [6.07, 6.45) is 0. The van der Waals surface area contributed by atoms with Crippen molar-refractivity contribution >= 4 is 39.2 Å². The Balaban J connectivity index is 1.49. The van der Waals surface area contributed by atoms with Gasteiger partial charge in [-0.1, -0.05) is 56.8 Å². The van der Waals surface area contributed by atoms with Crippen LogP contribution in [0.25, 0.3) is 10.2 Å². The Morgan fingerprint density at radius 2 is 1.84 bits per heavy atom. The number of thiazole rings is 1. The molecule has 0 aliphatic heterocycles. The van der Waals surface area contributed by atoms with Gasteiger partial charge in [0.25, 0.3) is 5.91 Å². The molecule has 0 aliphatic carbocycles. The molecule has 0 spiro atoms. The summed E-state index contributed by atoms with van der Waals surface area (Å²) in [6.45, 7) is 7.13. The Morgan fingerprint density at radius 1 is 1.12 bits per heavy atom. The topological polar surface area (TPSA) is 42.0 Å². The standard InChI is InChI=1S/C20H22N2OS2/c1-20(2,3)15-10-8-14(9-11-15)18(23)21-12-13-24-19-22-16-6-4-5-7-17(16)25-19/h4-11H,12-13H2,1-3H3,(H,21,23). The number of nitrogens with zero attached hydrogens (tertiary/aromatic N) is 1. The molecule has 0 bridgehead atoms. The number of nitrogens with one attached hydrogen (secondary N) is 1. The van der Waals surface area contributed by atoms with Crippen LogP contribution in [0.4, 0.5) is 0 Å². The SMILES string of the molecule is CC(C)(C)c1ccc(C(=O)NCCSc2nc3ccccc3s2)cc1. The fraction of sp³-hybridized carbons (Fsp3) is 0.300. The zero-order valence-corrected chi connectivity index (χ0v) is 16.3. The molecule has 1 heterocycles. The van der Waals surface area contributed by atoms with Gasteiger partial charge in [-0.05, 0) is 35.2 Å². The molecule has 3 nitrogen and oxygen atoms in total. The number of hydrogen-bond acceptors (Lipinski definition) is 4. The van der Waals surface area contributed by atoms with Gasteiger partial charge >= 0.3 is 0 Å². The monoisotopic (exact) mass is 370 g/mol. The van der Waals surface area contributed by atoms with Crippen LogP contribution in [0.5, 0.6) is 0 Å². The van der Waals surface area contributed by atoms with Crippen molar-refractivity contribution in [2.75, 3.05) is 12.3 Å². The van der Waals surface area contributed by atoms with Gasteiger partial charge in [0.05, 0.1) is 10.2 Å². The summed E-state index contributed by atoms with van der Waals surface area (Å²) in [5, 5.41) is 2.98. The van der Waals surface area contributed by atoms with Crippen LogP contribution in [0.15, 0.2) is 52.9 Å². The first-order valence-corrected chi connectivity index (χ1v) is 10.1. The molecule has 2 aromatic carbocycles. The maximum Gasteiger partial charge on any atom is 0.251 e. The van der Waals surface area contributed by atoms with Crippen molar-refractivity contribution in [1.29, 1.82) is 0 Å². The third-order valence-electron chi connectivity index (χ3n) is 3.90. The number of amides is 1. The summed E-state index contributed by atoms with van der Waals surface area (Å²) >= 11 is 3.38. The second kappa shape index (κ2) is 7.58. The van der Waals surface area contributed by atoms with E-state index >= 15 is 0 Å². The minimum atomic E-state index is -0.0228. The third kappa shape index (κ3) is 4.61. The van der Waals surface area contributed by atoms with Gasteiger partial charge < -0.3 is 5.32 Å². The minimum absolute atomic E-state index is 0.0228. The molecule has 3 aromatic rings. The van der Waals surface area contributed by atoms with E-state index in [1.807, 2.05) is 42.5 Å². The number of thioether (sulfide) groups is 1. The molecular weight excluding hydrogens is 348 g/mol. The van der Waals surface area contributed by atoms with Crippen LogP contribution in [-0.2, 0) is 5.41 Å². The number of rotatable bonds is 5. The Kier molecular flexibility index (Phi) is 5.45. The Bertz CT molecular complexity index is 830. The van der Waals surface area contributed by atoms with E-state index in [9.17, 15) is 4.79 Å². The zero-order chi connectivity index (χ0) is 17.9. The molecule has 1 amide bonds. The highest BCUT2D eigenvalue weighted by molar-refractivity contribution is 8.01. The molecule has 130 valence electrons. The quantitative estimate of drug-likeness (QED) is 0.501. The van der Waals surface area contributed by atoms with E-state index in [4.69, 9.17) is 0 Å². The molecule has 0 unspecified atom stereocenters. The largest absolute Gasteiger partial charge is 0.351 e. The molecule has 0 fully saturated rings. The van der Waals surface area contributed by atoms with Gasteiger partial charge in [0.1, 0.15) is 0 Å². The van der Waals surface area contributed by atoms with Crippen LogP contribution < -0.4 is 5.32 Å². The molecule has 0 saturated carbocycles. The zero-order valence-electron chi connectivity index (χ0n) is 14.7. The van der Waals surface area contributed by atoms with Crippen molar-refractivity contribution in [2.24, 2.45) is 0 Å². The average molecular weight is 371 g/mol. The molecule has 25 heavy (non-hydrogen) atoms. The lowest BCUT2D eigenvalue weighted by atomic mass is 9.87. The molecule has 0 saturated heterocycles. The highest BCUT2D eigenvalue weighted by atomic mass is 32.2. The number of aromatic nitrogens is 1. The molecule has 1 N–H and O–H groups in total. The van der Waals surface area contributed by atoms with Gasteiger partial charge in [0, 0.05) is 17.9 Å². The Hall–Kier alpha value is -1.85. The summed E-state index contributed by atoms with van der Waals surface area (Å²) < 4.78 is 2.25. The first-order valence-electron chi connectivity index (χ1n) is 8.30. The van der Waals surface area contributed by atoms with Gasteiger partial charge in [-0.2, -0.15) is 0 Å². The lowest BCUT2D eigenvalue weighted by Crippen LogP contribution is -2.25. The summed E-state index contributed by atoms with van der Waals surface area (Å²) in [7, 11) is 0. The fourth-order valence-electron chi connectivity index (χ4n) is 2.44. The number of carbonyl (C=O) groups excluding carboxylic acids is 1. The first kappa shape index (κ1) is 18.0. The average Bonchev–Trinajstić information content (AvgIpc) is 3.00. The van der Waals surface area contributed by atoms with E-state index in [2.05, 4.69) is 37.1 Å². The number of benzene rings is 2. The van der Waals surface area contributed by atoms with Crippen molar-refractivity contribution in [1.82, 2.24) is 10.3 Å². The fourth-order valence-corrected chi connectivity index (χ4v) is 4.43. The first-order chi connectivity index (χ1) is 11.9. The van der Waals surface area contributed by atoms with E-state index in [-0.39, 0.29) is 11.3 Å². The minimum Gasteiger partial charge on any atom is -0.351 e. The van der Waals surface area contributed by atoms with E-state index in [1.165, 1.54) is 10.3 Å². The van der Waals surface area contributed by atoms with E-state index < -0.39 is 0 Å². The smallest absolute Gasteiger partial charge is 0.251 e. The number of para-hydroxylation sites is 1. The van der Waals surface area contributed by atoms with E-state index in [0.29, 0.717) is 12.1 Å². The second-order valence-electron chi connectivity index (χ2n) is 6.88. The van der Waals surface area contributed by atoms with Gasteiger partial charge in [-0.15, -0.1) is 11.3 Å². The van der Waals surface area contributed by atoms with Crippen molar-refractivity contribution in [3.63, 3.8) is 0 Å². The highest BCUT2D eigenvalue weighted by Gasteiger charge is 2.14. The predicted molar refractivity (Wildman–Crippen MR) is 108 cm³/mol. The molecule has 0 atom stereocenters. The third-order valence-corrected chi connectivity index (χ3v) is 6.08. The molecule has 1 aromatic heterocycles. The van der Waals surface area contributed by atoms with Crippen LogP contribution in [0.2, 0.25) is 0 Å². The van der Waals surface area contributed by atoms with Crippen LogP contribution >= 0.6 is 23.1 Å². The Labute approximate surface area is 156 Å². The van der Waals surface area contributed by atoms with Crippen LogP contribution in [0, 0.1) is 0 Å². The Morgan fingerprint density at radius 3 is 2.52 bits per heavy atom. The molecule has 0 radical (unpaired) electrons. The van der Waals surface area contributed by atoms with Crippen molar-refractivity contribution in [3.8, 4) is 0 Å². The summed E-state index contributed by atoms with van der Waals surface area (Å²) in [5.41, 5.74) is 3.08. The summed E-state index contributed by atoms with van der Waals surface area (Å²) in [6, 6.07) is 16.0. The van der Waals surface area contributed by atoms with Crippen molar-refractivity contribution in [3.05, 3.63) is 59.7 Å². The van der Waals surface area contributed by atoms with Crippen LogP contribution in [0.3, 0.4) is 0 Å². The van der Waals surface area contributed by atoms with Crippen LogP contribution in [-0.4, -0.2) is 23.2 Å². The number of hydrogen-bond donors (Lipinski definition) is 1. The van der Waals surface area contributed by atoms with Crippen LogP contribution in [0.1, 0.15) is 36.7 Å². The predicted octanol–water partition coefficient (Wildman–Crippen LogP) is 5.12. The van der Waals surface area contributed by atoms with Gasteiger partial charge in [-0.25, -0.2) is 4.98 Å². The number of carbonyl (C=O) groups is 1. The highest BCUT2D eigenvalue weighted by Crippen LogP contribution is 2.28. The van der Waals surface area contributed by atoms with E-state index in [1.54, 1.807) is 23.1 Å². The summed E-state index contributed by atoms with van der Waals surface area (Å²) in [5.74, 6) is 0.788. The normalized spacial score (nSPS) is 11.6. The van der Waals surface area contributed by atoms with Gasteiger partial charge in [0.15, 0.2) is 4.34 Å². The molecule has 0 aliphatic rings. The second-order valence-corrected chi connectivity index (χ2v) is 9.25. The lowest BCUT2D eigenvalue weighted by Gasteiger charge is -2.19.